The number of rotatable bonds is 6. The maximum Gasteiger partial charge on any atom is 0.362 e. The van der Waals surface area contributed by atoms with E-state index < -0.39 is 16.0 Å². The maximum absolute atomic E-state index is 12.4. The zero-order valence-corrected chi connectivity index (χ0v) is 18.4. The lowest BCUT2D eigenvalue weighted by atomic mass is 10.2. The van der Waals surface area contributed by atoms with Crippen LogP contribution in [0, 0.1) is 0 Å². The minimum atomic E-state index is -3.81. The number of para-hydroxylation sites is 1. The van der Waals surface area contributed by atoms with Crippen LogP contribution in [-0.2, 0) is 19.7 Å². The van der Waals surface area contributed by atoms with Crippen molar-refractivity contribution in [3.8, 4) is 0 Å². The molecule has 1 aromatic heterocycles. The SMILES string of the molecule is CC1Sc2ccc(C(=O)ONc3ccc(S(=O)(=O)Nc4ccccc4)cn3)cc2NC1=O. The van der Waals surface area contributed by atoms with Gasteiger partial charge in [0.25, 0.3) is 10.0 Å². The Hall–Kier alpha value is -3.57. The third-order valence-corrected chi connectivity index (χ3v) is 7.01. The van der Waals surface area contributed by atoms with E-state index in [-0.39, 0.29) is 27.4 Å². The number of amides is 1. The first-order valence-corrected chi connectivity index (χ1v) is 11.8. The third kappa shape index (κ3) is 4.84. The van der Waals surface area contributed by atoms with E-state index >= 15 is 0 Å². The monoisotopic (exact) mass is 470 g/mol. The van der Waals surface area contributed by atoms with Crippen LogP contribution in [0.2, 0.25) is 0 Å². The summed E-state index contributed by atoms with van der Waals surface area (Å²) in [4.78, 5) is 34.0. The minimum Gasteiger partial charge on any atom is -0.336 e. The molecular formula is C21H18N4O5S2. The maximum atomic E-state index is 12.4. The van der Waals surface area contributed by atoms with Crippen LogP contribution >= 0.6 is 11.8 Å². The van der Waals surface area contributed by atoms with Gasteiger partial charge in [0, 0.05) is 16.8 Å². The lowest BCUT2D eigenvalue weighted by Gasteiger charge is -2.21. The van der Waals surface area contributed by atoms with Crippen LogP contribution in [-0.4, -0.2) is 30.5 Å². The number of pyridine rings is 1. The van der Waals surface area contributed by atoms with Crippen molar-refractivity contribution >= 4 is 50.9 Å². The second-order valence-electron chi connectivity index (χ2n) is 6.80. The number of hydrogen-bond acceptors (Lipinski definition) is 8. The predicted octanol–water partition coefficient (Wildman–Crippen LogP) is 3.50. The van der Waals surface area contributed by atoms with E-state index in [9.17, 15) is 18.0 Å². The van der Waals surface area contributed by atoms with Crippen molar-refractivity contribution in [2.24, 2.45) is 0 Å². The van der Waals surface area contributed by atoms with E-state index in [2.05, 4.69) is 20.5 Å². The fourth-order valence-corrected chi connectivity index (χ4v) is 4.75. The molecule has 0 spiro atoms. The lowest BCUT2D eigenvalue weighted by molar-refractivity contribution is -0.115. The number of nitrogens with zero attached hydrogens (tertiary/aromatic N) is 1. The Kier molecular flexibility index (Phi) is 6.01. The van der Waals surface area contributed by atoms with Gasteiger partial charge in [-0.25, -0.2) is 23.7 Å². The Morgan fingerprint density at radius 2 is 1.91 bits per heavy atom. The predicted molar refractivity (Wildman–Crippen MR) is 121 cm³/mol. The van der Waals surface area contributed by atoms with Gasteiger partial charge in [-0.3, -0.25) is 9.52 Å². The van der Waals surface area contributed by atoms with Gasteiger partial charge in [0.1, 0.15) is 4.90 Å². The molecule has 0 saturated heterocycles. The fraction of sp³-hybridized carbons (Fsp3) is 0.0952. The Morgan fingerprint density at radius 1 is 1.12 bits per heavy atom. The van der Waals surface area contributed by atoms with Gasteiger partial charge in [0.15, 0.2) is 5.82 Å². The fourth-order valence-electron chi connectivity index (χ4n) is 2.81. The number of anilines is 3. The summed E-state index contributed by atoms with van der Waals surface area (Å²) in [5, 5.41) is 2.55. The van der Waals surface area contributed by atoms with Crippen LogP contribution in [0.5, 0.6) is 0 Å². The smallest absolute Gasteiger partial charge is 0.336 e. The highest BCUT2D eigenvalue weighted by molar-refractivity contribution is 8.01. The molecule has 9 nitrogen and oxygen atoms in total. The summed E-state index contributed by atoms with van der Waals surface area (Å²) in [6.45, 7) is 1.80. The molecule has 11 heteroatoms. The molecule has 2 aromatic carbocycles. The van der Waals surface area contributed by atoms with Crippen molar-refractivity contribution in [2.75, 3.05) is 15.5 Å². The third-order valence-electron chi connectivity index (χ3n) is 4.47. The van der Waals surface area contributed by atoms with E-state index in [1.54, 1.807) is 49.4 Å². The topological polar surface area (TPSA) is 126 Å². The summed E-state index contributed by atoms with van der Waals surface area (Å²) >= 11 is 1.41. The van der Waals surface area contributed by atoms with Gasteiger partial charge in [-0.15, -0.1) is 11.8 Å². The van der Waals surface area contributed by atoms with Crippen molar-refractivity contribution in [2.45, 2.75) is 22.0 Å². The van der Waals surface area contributed by atoms with Gasteiger partial charge in [-0.05, 0) is 49.4 Å². The molecule has 1 aliphatic heterocycles. The Morgan fingerprint density at radius 3 is 2.62 bits per heavy atom. The van der Waals surface area contributed by atoms with E-state index in [0.717, 1.165) is 11.1 Å². The molecular weight excluding hydrogens is 452 g/mol. The van der Waals surface area contributed by atoms with Crippen LogP contribution in [0.4, 0.5) is 17.2 Å². The molecule has 4 rings (SSSR count). The number of carbonyl (C=O) groups is 2. The summed E-state index contributed by atoms with van der Waals surface area (Å²) in [7, 11) is -3.81. The first kappa shape index (κ1) is 21.7. The highest BCUT2D eigenvalue weighted by Gasteiger charge is 2.24. The molecule has 164 valence electrons. The van der Waals surface area contributed by atoms with Crippen LogP contribution in [0.3, 0.4) is 0 Å². The van der Waals surface area contributed by atoms with Gasteiger partial charge in [0.2, 0.25) is 5.91 Å². The molecule has 1 aliphatic rings. The lowest BCUT2D eigenvalue weighted by Crippen LogP contribution is -2.26. The van der Waals surface area contributed by atoms with Gasteiger partial charge in [-0.1, -0.05) is 18.2 Å². The van der Waals surface area contributed by atoms with E-state index in [1.807, 2.05) is 0 Å². The first-order chi connectivity index (χ1) is 15.3. The molecule has 0 saturated carbocycles. The van der Waals surface area contributed by atoms with Crippen molar-refractivity contribution in [3.63, 3.8) is 0 Å². The number of thioether (sulfide) groups is 1. The van der Waals surface area contributed by atoms with Gasteiger partial charge >= 0.3 is 5.97 Å². The molecule has 0 bridgehead atoms. The van der Waals surface area contributed by atoms with Crippen molar-refractivity contribution < 1.29 is 22.8 Å². The molecule has 3 N–H and O–H groups in total. The highest BCUT2D eigenvalue weighted by Crippen LogP contribution is 2.36. The van der Waals surface area contributed by atoms with Crippen molar-refractivity contribution in [1.82, 2.24) is 4.98 Å². The van der Waals surface area contributed by atoms with Crippen LogP contribution in [0.15, 0.2) is 76.7 Å². The van der Waals surface area contributed by atoms with E-state index in [4.69, 9.17) is 4.84 Å². The standard InChI is InChI=1S/C21H18N4O5S2/c1-13-20(26)23-17-11-14(7-9-18(17)31-13)21(27)30-24-19-10-8-16(12-22-19)32(28,29)25-15-5-3-2-4-6-15/h2-13,25H,1H3,(H,22,24)(H,23,26). The number of fused-ring (bicyclic) bond motifs is 1. The summed E-state index contributed by atoms with van der Waals surface area (Å²) in [6, 6.07) is 16.1. The van der Waals surface area contributed by atoms with E-state index in [1.165, 1.54) is 30.0 Å². The first-order valence-electron chi connectivity index (χ1n) is 9.44. The Balaban J connectivity index is 1.39. The van der Waals surface area contributed by atoms with E-state index in [0.29, 0.717) is 11.4 Å². The number of aromatic nitrogens is 1. The molecule has 1 atom stereocenters. The summed E-state index contributed by atoms with van der Waals surface area (Å²) in [5.74, 6) is -0.672. The summed E-state index contributed by atoms with van der Waals surface area (Å²) < 4.78 is 27.3. The van der Waals surface area contributed by atoms with Crippen molar-refractivity contribution in [3.05, 3.63) is 72.4 Å². The largest absolute Gasteiger partial charge is 0.362 e. The second-order valence-corrected chi connectivity index (χ2v) is 9.87. The summed E-state index contributed by atoms with van der Waals surface area (Å²) in [6.07, 6.45) is 1.15. The van der Waals surface area contributed by atoms with Gasteiger partial charge in [-0.2, -0.15) is 0 Å². The van der Waals surface area contributed by atoms with Gasteiger partial charge < -0.3 is 10.2 Å². The molecule has 2 heterocycles. The molecule has 3 aromatic rings. The number of sulfonamides is 1. The molecule has 0 fully saturated rings. The molecule has 1 unspecified atom stereocenters. The Labute approximate surface area is 188 Å². The number of carbonyl (C=O) groups excluding carboxylic acids is 2. The Bertz CT molecular complexity index is 1270. The zero-order chi connectivity index (χ0) is 22.7. The minimum absolute atomic E-state index is 0.0459. The van der Waals surface area contributed by atoms with Crippen LogP contribution < -0.4 is 15.5 Å². The molecule has 32 heavy (non-hydrogen) atoms. The van der Waals surface area contributed by atoms with Crippen LogP contribution in [0.1, 0.15) is 17.3 Å². The van der Waals surface area contributed by atoms with Gasteiger partial charge in [0.05, 0.1) is 16.5 Å². The number of benzene rings is 2. The highest BCUT2D eigenvalue weighted by atomic mass is 32.2. The van der Waals surface area contributed by atoms with Crippen molar-refractivity contribution in [1.29, 1.82) is 0 Å². The van der Waals surface area contributed by atoms with Crippen LogP contribution in [0.25, 0.3) is 0 Å². The molecule has 0 radical (unpaired) electrons. The normalized spacial score (nSPS) is 15.3. The number of nitrogens with one attached hydrogen (secondary N) is 3. The molecule has 0 aliphatic carbocycles. The number of hydrogen-bond donors (Lipinski definition) is 3. The average molecular weight is 471 g/mol. The molecule has 1 amide bonds. The quantitative estimate of drug-likeness (QED) is 0.467. The zero-order valence-electron chi connectivity index (χ0n) is 16.7. The summed E-state index contributed by atoms with van der Waals surface area (Å²) in [5.41, 5.74) is 3.61. The second kappa shape index (κ2) is 8.89. The average Bonchev–Trinajstić information content (AvgIpc) is 2.78.